The van der Waals surface area contributed by atoms with Gasteiger partial charge in [0.25, 0.3) is 0 Å². The molecule has 112 valence electrons. The van der Waals surface area contributed by atoms with Gasteiger partial charge in [0, 0.05) is 19.3 Å². The maximum absolute atomic E-state index is 11.6. The zero-order valence-corrected chi connectivity index (χ0v) is 12.6. The third kappa shape index (κ3) is 2.85. The number of aryl methyl sites for hydroxylation is 1. The number of anilines is 1. The van der Waals surface area contributed by atoms with Crippen LogP contribution in [0, 0.1) is 23.7 Å². The Morgan fingerprint density at radius 2 is 2.19 bits per heavy atom. The second-order valence-corrected chi connectivity index (χ2v) is 5.76. The molecule has 0 atom stereocenters. The molecule has 5 nitrogen and oxygen atoms in total. The van der Waals surface area contributed by atoms with Crippen molar-refractivity contribution in [3.05, 3.63) is 23.4 Å². The van der Waals surface area contributed by atoms with Crippen molar-refractivity contribution in [3.8, 4) is 6.07 Å². The molecular weight excluding hydrogens is 266 g/mol. The number of pyridine rings is 1. The largest absolute Gasteiger partial charge is 0.481 e. The monoisotopic (exact) mass is 287 g/mol. The molecular formula is C16H21N3O2. The van der Waals surface area contributed by atoms with Crippen LogP contribution < -0.4 is 4.90 Å². The van der Waals surface area contributed by atoms with Gasteiger partial charge >= 0.3 is 5.97 Å². The summed E-state index contributed by atoms with van der Waals surface area (Å²) in [5.41, 5.74) is 0.893. The van der Waals surface area contributed by atoms with Crippen LogP contribution in [0.25, 0.3) is 0 Å². The Kier molecular flexibility index (Phi) is 4.46. The topological polar surface area (TPSA) is 77.2 Å². The summed E-state index contributed by atoms with van der Waals surface area (Å²) < 4.78 is 0. The number of aliphatic carboxylic acids is 1. The highest BCUT2D eigenvalue weighted by Gasteiger charge is 2.41. The fraction of sp³-hybridized carbons (Fsp3) is 0.562. The molecule has 1 aromatic heterocycles. The highest BCUT2D eigenvalue weighted by atomic mass is 16.4. The van der Waals surface area contributed by atoms with Crippen molar-refractivity contribution in [2.45, 2.75) is 39.5 Å². The van der Waals surface area contributed by atoms with Crippen molar-refractivity contribution in [2.75, 3.05) is 18.0 Å². The Balaban J connectivity index is 2.20. The molecule has 0 aromatic carbocycles. The lowest BCUT2D eigenvalue weighted by Gasteiger charge is -2.39. The van der Waals surface area contributed by atoms with E-state index in [0.29, 0.717) is 43.7 Å². The molecule has 1 aromatic rings. The summed E-state index contributed by atoms with van der Waals surface area (Å²) >= 11 is 0. The van der Waals surface area contributed by atoms with E-state index in [-0.39, 0.29) is 0 Å². The van der Waals surface area contributed by atoms with Crippen LogP contribution >= 0.6 is 0 Å². The van der Waals surface area contributed by atoms with Gasteiger partial charge in [-0.15, -0.1) is 0 Å². The molecule has 0 aliphatic carbocycles. The van der Waals surface area contributed by atoms with Gasteiger partial charge in [0.2, 0.25) is 0 Å². The van der Waals surface area contributed by atoms with Gasteiger partial charge in [0.15, 0.2) is 0 Å². The van der Waals surface area contributed by atoms with Crippen molar-refractivity contribution < 1.29 is 9.90 Å². The van der Waals surface area contributed by atoms with Crippen molar-refractivity contribution in [1.29, 1.82) is 5.26 Å². The molecule has 5 heteroatoms. The summed E-state index contributed by atoms with van der Waals surface area (Å²) in [5, 5.41) is 18.8. The van der Waals surface area contributed by atoms with Gasteiger partial charge in [-0.3, -0.25) is 4.79 Å². The quantitative estimate of drug-likeness (QED) is 0.921. The number of aromatic nitrogens is 1. The van der Waals surface area contributed by atoms with Crippen molar-refractivity contribution in [3.63, 3.8) is 0 Å². The maximum Gasteiger partial charge on any atom is 0.309 e. The Bertz CT molecular complexity index is 569. The fourth-order valence-corrected chi connectivity index (χ4v) is 3.12. The van der Waals surface area contributed by atoms with E-state index in [1.54, 1.807) is 6.20 Å². The first-order chi connectivity index (χ1) is 10.0. The van der Waals surface area contributed by atoms with Crippen molar-refractivity contribution in [1.82, 2.24) is 4.98 Å². The summed E-state index contributed by atoms with van der Waals surface area (Å²) in [6.07, 6.45) is 4.50. The maximum atomic E-state index is 11.6. The standard InChI is InChI=1S/C16H21N3O2/c1-3-5-16(15(20)21)6-9-19(10-7-16)14-13(11-17)12(2)4-8-18-14/h4,8H,3,5-7,9-10H2,1-2H3,(H,20,21). The third-order valence-electron chi connectivity index (χ3n) is 4.45. The normalized spacial score (nSPS) is 17.3. The number of hydrogen-bond acceptors (Lipinski definition) is 4. The van der Waals surface area contributed by atoms with Crippen LogP contribution in [0.4, 0.5) is 5.82 Å². The van der Waals surface area contributed by atoms with Crippen LogP contribution in [0.2, 0.25) is 0 Å². The zero-order valence-electron chi connectivity index (χ0n) is 12.6. The van der Waals surface area contributed by atoms with E-state index in [9.17, 15) is 15.2 Å². The Morgan fingerprint density at radius 3 is 2.71 bits per heavy atom. The molecule has 0 bridgehead atoms. The van der Waals surface area contributed by atoms with Gasteiger partial charge in [0.1, 0.15) is 11.9 Å². The molecule has 0 saturated carbocycles. The predicted molar refractivity (Wildman–Crippen MR) is 80.1 cm³/mol. The van der Waals surface area contributed by atoms with E-state index >= 15 is 0 Å². The predicted octanol–water partition coefficient (Wildman–Crippen LogP) is 2.73. The average Bonchev–Trinajstić information content (AvgIpc) is 2.48. The minimum absolute atomic E-state index is 0.593. The lowest BCUT2D eigenvalue weighted by molar-refractivity contribution is -0.150. The van der Waals surface area contributed by atoms with Gasteiger partial charge in [0.05, 0.1) is 11.0 Å². The first-order valence-electron chi connectivity index (χ1n) is 7.38. The molecule has 0 unspecified atom stereocenters. The van der Waals surface area contributed by atoms with Crippen LogP contribution in [0.1, 0.15) is 43.7 Å². The van der Waals surface area contributed by atoms with E-state index < -0.39 is 11.4 Å². The van der Waals surface area contributed by atoms with Gasteiger partial charge in [-0.25, -0.2) is 4.98 Å². The van der Waals surface area contributed by atoms with Crippen molar-refractivity contribution >= 4 is 11.8 Å². The molecule has 0 radical (unpaired) electrons. The summed E-state index contributed by atoms with van der Waals surface area (Å²) in [6.45, 7) is 5.19. The number of rotatable bonds is 4. The molecule has 2 rings (SSSR count). The number of hydrogen-bond donors (Lipinski definition) is 1. The SMILES string of the molecule is CCCC1(C(=O)O)CCN(c2nccc(C)c2C#N)CC1. The van der Waals surface area contributed by atoms with Gasteiger partial charge in [-0.1, -0.05) is 13.3 Å². The Hall–Kier alpha value is -2.09. The highest BCUT2D eigenvalue weighted by molar-refractivity contribution is 5.75. The van der Waals surface area contributed by atoms with E-state index in [1.165, 1.54) is 0 Å². The molecule has 0 amide bonds. The van der Waals surface area contributed by atoms with E-state index in [1.807, 2.05) is 24.8 Å². The van der Waals surface area contributed by atoms with Gasteiger partial charge < -0.3 is 10.0 Å². The van der Waals surface area contributed by atoms with E-state index in [0.717, 1.165) is 12.0 Å². The fourth-order valence-electron chi connectivity index (χ4n) is 3.12. The first-order valence-corrected chi connectivity index (χ1v) is 7.38. The molecule has 1 fully saturated rings. The van der Waals surface area contributed by atoms with Crippen LogP contribution in [0.3, 0.4) is 0 Å². The van der Waals surface area contributed by atoms with Gasteiger partial charge in [-0.2, -0.15) is 5.26 Å². The number of piperidine rings is 1. The number of carboxylic acids is 1. The lowest BCUT2D eigenvalue weighted by Crippen LogP contribution is -2.45. The molecule has 1 N–H and O–H groups in total. The number of carboxylic acid groups (broad SMARTS) is 1. The first kappa shape index (κ1) is 15.3. The van der Waals surface area contributed by atoms with Crippen LogP contribution in [-0.2, 0) is 4.79 Å². The summed E-state index contributed by atoms with van der Waals surface area (Å²) in [7, 11) is 0. The minimum Gasteiger partial charge on any atom is -0.481 e. The molecule has 1 saturated heterocycles. The summed E-state index contributed by atoms with van der Waals surface area (Å²) in [4.78, 5) is 18.0. The van der Waals surface area contributed by atoms with Crippen molar-refractivity contribution in [2.24, 2.45) is 5.41 Å². The van der Waals surface area contributed by atoms with Gasteiger partial charge in [-0.05, 0) is 37.8 Å². The Morgan fingerprint density at radius 1 is 1.52 bits per heavy atom. The smallest absolute Gasteiger partial charge is 0.309 e. The number of nitriles is 1. The van der Waals surface area contributed by atoms with Crippen LogP contribution in [0.5, 0.6) is 0 Å². The third-order valence-corrected chi connectivity index (χ3v) is 4.45. The summed E-state index contributed by atoms with van der Waals surface area (Å²) in [6, 6.07) is 4.03. The highest BCUT2D eigenvalue weighted by Crippen LogP contribution is 2.38. The van der Waals surface area contributed by atoms with Crippen LogP contribution in [-0.4, -0.2) is 29.1 Å². The molecule has 2 heterocycles. The van der Waals surface area contributed by atoms with Crippen LogP contribution in [0.15, 0.2) is 12.3 Å². The Labute approximate surface area is 125 Å². The average molecular weight is 287 g/mol. The molecule has 21 heavy (non-hydrogen) atoms. The summed E-state index contributed by atoms with van der Waals surface area (Å²) in [5.74, 6) is -0.00491. The minimum atomic E-state index is -0.693. The zero-order chi connectivity index (χ0) is 15.5. The molecule has 1 aliphatic heterocycles. The number of nitrogens with zero attached hydrogens (tertiary/aromatic N) is 3. The van der Waals surface area contributed by atoms with E-state index in [4.69, 9.17) is 0 Å². The van der Waals surface area contributed by atoms with E-state index in [2.05, 4.69) is 11.1 Å². The molecule has 1 aliphatic rings. The number of carbonyl (C=O) groups is 1. The molecule has 0 spiro atoms. The lowest BCUT2D eigenvalue weighted by atomic mass is 9.75. The second kappa shape index (κ2) is 6.13. The second-order valence-electron chi connectivity index (χ2n) is 5.76.